The molecular weight excluding hydrogens is 801 g/mol. The second-order valence-electron chi connectivity index (χ2n) is 15.0. The van der Waals surface area contributed by atoms with Gasteiger partial charge in [-0.2, -0.15) is 0 Å². The predicted molar refractivity (Wildman–Crippen MR) is 208 cm³/mol. The molecule has 2 bridgehead atoms. The largest absolute Gasteiger partial charge is 0.305 e. The van der Waals surface area contributed by atoms with Crippen LogP contribution in [-0.4, -0.2) is 18.0 Å². The number of aryl methyl sites for hydroxylation is 1. The molecule has 0 spiro atoms. The van der Waals surface area contributed by atoms with Gasteiger partial charge >= 0.3 is 0 Å². The number of fused-ring (bicyclic) bond motifs is 2. The van der Waals surface area contributed by atoms with Gasteiger partial charge in [-0.3, -0.25) is 0 Å². The molecule has 3 unspecified atom stereocenters. The average Bonchev–Trinajstić information content (AvgIpc) is 3.77. The fraction of sp³-hybridized carbons (Fsp3) is 0.261. The van der Waals surface area contributed by atoms with Crippen LogP contribution < -0.4 is 5.19 Å². The third kappa shape index (κ3) is 8.15. The number of hydrogen-bond acceptors (Lipinski definition) is 2. The summed E-state index contributed by atoms with van der Waals surface area (Å²) in [7, 11) is -1.37. The van der Waals surface area contributed by atoms with Crippen LogP contribution >= 0.6 is 0 Å². The van der Waals surface area contributed by atoms with E-state index in [1.807, 2.05) is 48.7 Å². The topological polar surface area (TPSA) is 25.8 Å². The van der Waals surface area contributed by atoms with Gasteiger partial charge in [0.1, 0.15) is 0 Å². The van der Waals surface area contributed by atoms with Gasteiger partial charge in [0.25, 0.3) is 0 Å². The van der Waals surface area contributed by atoms with E-state index in [0.717, 1.165) is 40.3 Å². The predicted octanol–water partition coefficient (Wildman–Crippen LogP) is 11.3. The maximum atomic E-state index is 4.80. The van der Waals surface area contributed by atoms with Gasteiger partial charge in [0.05, 0.1) is 8.07 Å². The van der Waals surface area contributed by atoms with Gasteiger partial charge in [0, 0.05) is 32.5 Å². The van der Waals surface area contributed by atoms with Gasteiger partial charge in [-0.05, 0) is 94.8 Å². The molecule has 3 atom stereocenters. The zero-order valence-corrected chi connectivity index (χ0v) is 33.0. The second kappa shape index (κ2) is 15.9. The van der Waals surface area contributed by atoms with Crippen molar-refractivity contribution in [1.82, 2.24) is 9.97 Å². The van der Waals surface area contributed by atoms with Crippen molar-refractivity contribution in [2.45, 2.75) is 58.7 Å². The van der Waals surface area contributed by atoms with E-state index in [9.17, 15) is 0 Å². The Bertz CT molecular complexity index is 2000. The van der Waals surface area contributed by atoms with Gasteiger partial charge in [0.15, 0.2) is 0 Å². The Morgan fingerprint density at radius 1 is 0.660 bits per heavy atom. The van der Waals surface area contributed by atoms with Crippen LogP contribution in [0.15, 0.2) is 128 Å². The van der Waals surface area contributed by atoms with Gasteiger partial charge in [-0.15, -0.1) is 71.8 Å². The summed E-state index contributed by atoms with van der Waals surface area (Å²) in [5, 5.41) is 1.56. The van der Waals surface area contributed by atoms with Crippen LogP contribution in [0.3, 0.4) is 0 Å². The fourth-order valence-electron chi connectivity index (χ4n) is 8.05. The molecule has 2 fully saturated rings. The quantitative estimate of drug-likeness (QED) is 0.118. The molecule has 0 saturated heterocycles. The molecule has 2 aliphatic rings. The second-order valence-corrected chi connectivity index (χ2v) is 20.0. The van der Waals surface area contributed by atoms with Crippen molar-refractivity contribution in [3.05, 3.63) is 151 Å². The van der Waals surface area contributed by atoms with Crippen LogP contribution in [0.1, 0.15) is 36.8 Å². The molecule has 50 heavy (non-hydrogen) atoms. The summed E-state index contributed by atoms with van der Waals surface area (Å²) in [6.45, 7) is 9.45. The molecule has 2 heterocycles. The Kier molecular flexibility index (Phi) is 11.4. The van der Waals surface area contributed by atoms with E-state index in [4.69, 9.17) is 4.98 Å². The van der Waals surface area contributed by atoms with Gasteiger partial charge in [-0.1, -0.05) is 98.4 Å². The summed E-state index contributed by atoms with van der Waals surface area (Å²) in [5.74, 6) is 2.93. The van der Waals surface area contributed by atoms with Crippen LogP contribution in [0.2, 0.25) is 19.6 Å². The Morgan fingerprint density at radius 3 is 1.88 bits per heavy atom. The number of nitrogens with zero attached hydrogens (tertiary/aromatic N) is 2. The SMILES string of the molecule is C[Si](C)(C)c1cnc(-c2[c-]cccc2)cc1CC1CC2CCC1C2.Cc1cnc(-c2[c-]cccc2)cc1-c1ccccc1-c1ccccc1.[Ir]. The maximum absolute atomic E-state index is 4.80. The molecule has 4 aromatic carbocycles. The smallest absolute Gasteiger partial charge is 0.0798 e. The summed E-state index contributed by atoms with van der Waals surface area (Å²) in [5.41, 5.74) is 11.8. The van der Waals surface area contributed by atoms with E-state index in [1.54, 1.807) is 10.8 Å². The molecule has 2 aliphatic carbocycles. The standard InChI is InChI=1S/C24H18N.C22H28NSi.Ir/c1-18-17-25-24(20-12-6-3-7-13-20)16-23(18)22-15-9-8-14-21(22)19-10-4-2-5-11-19;1-24(2,3)22-15-23-21(17-7-5-4-6-8-17)14-20(22)13-19-12-16-9-10-18(19)11-16;/h2-12,14-17H,1H3;4-7,14-16,18-19H,9-13H2,1-3H3;/q2*-1;. The maximum Gasteiger partial charge on any atom is 0.0798 e. The van der Waals surface area contributed by atoms with Gasteiger partial charge < -0.3 is 9.97 Å². The van der Waals surface area contributed by atoms with Crippen molar-refractivity contribution >= 4 is 13.3 Å². The molecule has 2 nitrogen and oxygen atoms in total. The molecule has 0 N–H and O–H groups in total. The Hall–Kier alpha value is -3.95. The van der Waals surface area contributed by atoms with Crippen LogP contribution in [-0.2, 0) is 26.5 Å². The average molecular weight is 847 g/mol. The minimum atomic E-state index is -1.37. The minimum Gasteiger partial charge on any atom is -0.305 e. The molecule has 6 aromatic rings. The summed E-state index contributed by atoms with van der Waals surface area (Å²) in [6, 6.07) is 46.4. The first-order valence-corrected chi connectivity index (χ1v) is 21.4. The molecule has 8 rings (SSSR count). The van der Waals surface area contributed by atoms with Gasteiger partial charge in [0.2, 0.25) is 0 Å². The van der Waals surface area contributed by atoms with Crippen molar-refractivity contribution in [2.75, 3.05) is 0 Å². The summed E-state index contributed by atoms with van der Waals surface area (Å²) < 4.78 is 0. The van der Waals surface area contributed by atoms with Crippen molar-refractivity contribution in [2.24, 2.45) is 17.8 Å². The van der Waals surface area contributed by atoms with Crippen molar-refractivity contribution < 1.29 is 20.1 Å². The van der Waals surface area contributed by atoms with E-state index in [2.05, 4.69) is 123 Å². The number of benzene rings is 4. The van der Waals surface area contributed by atoms with Crippen LogP contribution in [0.4, 0.5) is 0 Å². The Labute approximate surface area is 313 Å². The number of hydrogen-bond donors (Lipinski definition) is 0. The van der Waals surface area contributed by atoms with Crippen molar-refractivity contribution in [1.29, 1.82) is 0 Å². The fourth-order valence-corrected chi connectivity index (χ4v) is 9.64. The van der Waals surface area contributed by atoms with Crippen molar-refractivity contribution in [3.8, 4) is 44.8 Å². The molecular formula is C46H46IrN2Si-2. The first kappa shape index (κ1) is 35.9. The summed E-state index contributed by atoms with van der Waals surface area (Å²) >= 11 is 0. The van der Waals surface area contributed by atoms with Gasteiger partial charge in [-0.25, -0.2) is 0 Å². The van der Waals surface area contributed by atoms with Crippen LogP contribution in [0.25, 0.3) is 44.8 Å². The van der Waals surface area contributed by atoms with E-state index in [0.29, 0.717) is 0 Å². The molecule has 4 heteroatoms. The van der Waals surface area contributed by atoms with E-state index < -0.39 is 8.07 Å². The van der Waals surface area contributed by atoms with Crippen molar-refractivity contribution in [3.63, 3.8) is 0 Å². The Balaban J connectivity index is 0.000000170. The zero-order valence-electron chi connectivity index (χ0n) is 29.6. The van der Waals surface area contributed by atoms with Crippen LogP contribution in [0, 0.1) is 36.8 Å². The van der Waals surface area contributed by atoms with Crippen LogP contribution in [0.5, 0.6) is 0 Å². The minimum absolute atomic E-state index is 0. The molecule has 0 amide bonds. The molecule has 0 aliphatic heterocycles. The molecule has 2 saturated carbocycles. The van der Waals surface area contributed by atoms with E-state index >= 15 is 0 Å². The summed E-state index contributed by atoms with van der Waals surface area (Å²) in [6.07, 6.45) is 11.3. The zero-order chi connectivity index (χ0) is 33.8. The normalized spacial score (nSPS) is 17.8. The molecule has 255 valence electrons. The number of pyridine rings is 2. The summed E-state index contributed by atoms with van der Waals surface area (Å²) in [4.78, 5) is 9.41. The molecule has 2 aromatic heterocycles. The monoisotopic (exact) mass is 847 g/mol. The third-order valence-electron chi connectivity index (χ3n) is 10.5. The number of aromatic nitrogens is 2. The van der Waals surface area contributed by atoms with E-state index in [-0.39, 0.29) is 20.1 Å². The van der Waals surface area contributed by atoms with E-state index in [1.165, 1.54) is 59.9 Å². The number of rotatable bonds is 7. The molecule has 1 radical (unpaired) electrons. The Morgan fingerprint density at radius 2 is 1.28 bits per heavy atom. The third-order valence-corrected chi connectivity index (χ3v) is 12.6. The first-order chi connectivity index (χ1) is 23.8. The first-order valence-electron chi connectivity index (χ1n) is 17.9.